The Labute approximate surface area is 106 Å². The summed E-state index contributed by atoms with van der Waals surface area (Å²) in [7, 11) is 0. The number of hydrogen-bond donors (Lipinski definition) is 1. The van der Waals surface area contributed by atoms with Crippen LogP contribution in [0.4, 0.5) is 0 Å². The Morgan fingerprint density at radius 1 is 1.59 bits per heavy atom. The van der Waals surface area contributed by atoms with E-state index in [0.717, 1.165) is 6.54 Å². The Balaban J connectivity index is 1.82. The van der Waals surface area contributed by atoms with Crippen LogP contribution in [-0.4, -0.2) is 18.6 Å². The lowest BCUT2D eigenvalue weighted by atomic mass is 10.3. The third-order valence-corrected chi connectivity index (χ3v) is 2.98. The van der Waals surface area contributed by atoms with Gasteiger partial charge in [0.15, 0.2) is 6.10 Å². The van der Waals surface area contributed by atoms with Gasteiger partial charge in [-0.05, 0) is 43.9 Å². The van der Waals surface area contributed by atoms with E-state index in [0.29, 0.717) is 16.7 Å². The predicted molar refractivity (Wildman–Crippen MR) is 67.3 cm³/mol. The lowest BCUT2D eigenvalue weighted by molar-refractivity contribution is -0.127. The fraction of sp³-hybridized carbons (Fsp3) is 0.462. The molecule has 1 aromatic carbocycles. The molecule has 2 rings (SSSR count). The standard InChI is InChI=1S/C13H16ClNO2/c1-9(13(16)15-8-10-5-6-10)17-12-4-2-3-11(14)7-12/h2-4,7,9-10H,5-6,8H2,1H3,(H,15,16). The molecule has 92 valence electrons. The van der Waals surface area contributed by atoms with E-state index >= 15 is 0 Å². The quantitative estimate of drug-likeness (QED) is 0.876. The molecule has 1 aliphatic rings. The number of benzene rings is 1. The molecule has 17 heavy (non-hydrogen) atoms. The highest BCUT2D eigenvalue weighted by Gasteiger charge is 2.23. The average Bonchev–Trinajstić information content (AvgIpc) is 3.09. The lowest BCUT2D eigenvalue weighted by Crippen LogP contribution is -2.37. The second kappa shape index (κ2) is 5.41. The maximum Gasteiger partial charge on any atom is 0.260 e. The van der Waals surface area contributed by atoms with E-state index in [2.05, 4.69) is 5.32 Å². The van der Waals surface area contributed by atoms with Crippen molar-refractivity contribution in [2.75, 3.05) is 6.54 Å². The Hall–Kier alpha value is -1.22. The second-order valence-corrected chi connectivity index (χ2v) is 4.84. The minimum Gasteiger partial charge on any atom is -0.481 e. The normalized spacial score (nSPS) is 16.4. The number of rotatable bonds is 5. The molecule has 1 amide bonds. The van der Waals surface area contributed by atoms with Gasteiger partial charge in [0.05, 0.1) is 0 Å². The van der Waals surface area contributed by atoms with Gasteiger partial charge in [0.1, 0.15) is 5.75 Å². The van der Waals surface area contributed by atoms with Gasteiger partial charge in [-0.3, -0.25) is 4.79 Å². The van der Waals surface area contributed by atoms with Crippen molar-refractivity contribution in [1.82, 2.24) is 5.32 Å². The predicted octanol–water partition coefficient (Wildman–Crippen LogP) is 2.63. The van der Waals surface area contributed by atoms with Crippen LogP contribution in [0.25, 0.3) is 0 Å². The molecule has 1 unspecified atom stereocenters. The molecule has 0 radical (unpaired) electrons. The Kier molecular flexibility index (Phi) is 3.89. The van der Waals surface area contributed by atoms with Crippen LogP contribution in [-0.2, 0) is 4.79 Å². The lowest BCUT2D eigenvalue weighted by Gasteiger charge is -2.14. The largest absolute Gasteiger partial charge is 0.481 e. The van der Waals surface area contributed by atoms with Crippen LogP contribution in [0.5, 0.6) is 5.75 Å². The molecule has 0 bridgehead atoms. The van der Waals surface area contributed by atoms with Gasteiger partial charge in [0.2, 0.25) is 0 Å². The van der Waals surface area contributed by atoms with Crippen molar-refractivity contribution in [1.29, 1.82) is 0 Å². The van der Waals surface area contributed by atoms with Gasteiger partial charge in [0, 0.05) is 11.6 Å². The number of carbonyl (C=O) groups excluding carboxylic acids is 1. The first-order chi connectivity index (χ1) is 8.15. The van der Waals surface area contributed by atoms with E-state index < -0.39 is 6.10 Å². The van der Waals surface area contributed by atoms with E-state index in [9.17, 15) is 4.79 Å². The number of halogens is 1. The van der Waals surface area contributed by atoms with Crippen LogP contribution >= 0.6 is 11.6 Å². The minimum atomic E-state index is -0.493. The summed E-state index contributed by atoms with van der Waals surface area (Å²) in [5.74, 6) is 1.22. The monoisotopic (exact) mass is 253 g/mol. The summed E-state index contributed by atoms with van der Waals surface area (Å²) in [5, 5.41) is 3.49. The molecule has 1 saturated carbocycles. The Bertz CT molecular complexity index is 404. The fourth-order valence-corrected chi connectivity index (χ4v) is 1.69. The van der Waals surface area contributed by atoms with Crippen LogP contribution < -0.4 is 10.1 Å². The Morgan fingerprint density at radius 3 is 3.00 bits per heavy atom. The highest BCUT2D eigenvalue weighted by Crippen LogP contribution is 2.27. The van der Waals surface area contributed by atoms with Gasteiger partial charge in [0.25, 0.3) is 5.91 Å². The first kappa shape index (κ1) is 12.2. The summed E-state index contributed by atoms with van der Waals surface area (Å²) in [6.45, 7) is 2.51. The number of nitrogens with one attached hydrogen (secondary N) is 1. The van der Waals surface area contributed by atoms with Crippen molar-refractivity contribution in [3.05, 3.63) is 29.3 Å². The minimum absolute atomic E-state index is 0.0723. The van der Waals surface area contributed by atoms with Crippen LogP contribution in [0.15, 0.2) is 24.3 Å². The molecular weight excluding hydrogens is 238 g/mol. The van der Waals surface area contributed by atoms with Gasteiger partial charge < -0.3 is 10.1 Å². The van der Waals surface area contributed by atoms with Gasteiger partial charge in [-0.2, -0.15) is 0 Å². The van der Waals surface area contributed by atoms with Crippen molar-refractivity contribution in [2.24, 2.45) is 5.92 Å². The van der Waals surface area contributed by atoms with Crippen molar-refractivity contribution in [3.63, 3.8) is 0 Å². The SMILES string of the molecule is CC(Oc1cccc(Cl)c1)C(=O)NCC1CC1. The smallest absolute Gasteiger partial charge is 0.260 e. The van der Waals surface area contributed by atoms with E-state index in [4.69, 9.17) is 16.3 Å². The first-order valence-corrected chi connectivity index (χ1v) is 6.23. The van der Waals surface area contributed by atoms with E-state index in [1.807, 2.05) is 0 Å². The highest BCUT2D eigenvalue weighted by molar-refractivity contribution is 6.30. The molecule has 1 aromatic rings. The highest BCUT2D eigenvalue weighted by atomic mass is 35.5. The van der Waals surface area contributed by atoms with Crippen molar-refractivity contribution in [2.45, 2.75) is 25.9 Å². The molecule has 0 heterocycles. The molecule has 1 atom stereocenters. The fourth-order valence-electron chi connectivity index (χ4n) is 1.51. The number of hydrogen-bond acceptors (Lipinski definition) is 2. The molecule has 1 aliphatic carbocycles. The molecule has 4 heteroatoms. The Morgan fingerprint density at radius 2 is 2.35 bits per heavy atom. The summed E-state index contributed by atoms with van der Waals surface area (Å²) >= 11 is 5.84. The molecule has 1 fully saturated rings. The van der Waals surface area contributed by atoms with Crippen LogP contribution in [0, 0.1) is 5.92 Å². The number of amides is 1. The van der Waals surface area contributed by atoms with E-state index in [1.54, 1.807) is 31.2 Å². The summed E-state index contributed by atoms with van der Waals surface area (Å²) in [6, 6.07) is 7.06. The molecule has 0 aliphatic heterocycles. The zero-order valence-electron chi connectivity index (χ0n) is 9.78. The van der Waals surface area contributed by atoms with Gasteiger partial charge in [-0.25, -0.2) is 0 Å². The topological polar surface area (TPSA) is 38.3 Å². The van der Waals surface area contributed by atoms with E-state index in [-0.39, 0.29) is 5.91 Å². The summed E-state index contributed by atoms with van der Waals surface area (Å²) in [6.07, 6.45) is 1.96. The maximum absolute atomic E-state index is 11.7. The molecule has 0 spiro atoms. The average molecular weight is 254 g/mol. The number of ether oxygens (including phenoxy) is 1. The second-order valence-electron chi connectivity index (χ2n) is 4.41. The van der Waals surface area contributed by atoms with Crippen molar-refractivity contribution >= 4 is 17.5 Å². The van der Waals surface area contributed by atoms with Gasteiger partial charge >= 0.3 is 0 Å². The zero-order chi connectivity index (χ0) is 12.3. The third kappa shape index (κ3) is 3.93. The zero-order valence-corrected chi connectivity index (χ0v) is 10.5. The molecule has 0 saturated heterocycles. The van der Waals surface area contributed by atoms with Crippen LogP contribution in [0.1, 0.15) is 19.8 Å². The van der Waals surface area contributed by atoms with Crippen LogP contribution in [0.2, 0.25) is 5.02 Å². The summed E-state index contributed by atoms with van der Waals surface area (Å²) in [4.78, 5) is 11.7. The van der Waals surface area contributed by atoms with Crippen LogP contribution in [0.3, 0.4) is 0 Å². The summed E-state index contributed by atoms with van der Waals surface area (Å²) in [5.41, 5.74) is 0. The molecule has 1 N–H and O–H groups in total. The number of carbonyl (C=O) groups is 1. The van der Waals surface area contributed by atoms with Gasteiger partial charge in [-0.15, -0.1) is 0 Å². The van der Waals surface area contributed by atoms with Crippen molar-refractivity contribution in [3.8, 4) is 5.75 Å². The maximum atomic E-state index is 11.7. The van der Waals surface area contributed by atoms with E-state index in [1.165, 1.54) is 12.8 Å². The molecular formula is C13H16ClNO2. The summed E-state index contributed by atoms with van der Waals surface area (Å²) < 4.78 is 5.51. The molecule has 0 aromatic heterocycles. The third-order valence-electron chi connectivity index (χ3n) is 2.74. The first-order valence-electron chi connectivity index (χ1n) is 5.85. The van der Waals surface area contributed by atoms with Gasteiger partial charge in [-0.1, -0.05) is 17.7 Å². The van der Waals surface area contributed by atoms with Crippen molar-refractivity contribution < 1.29 is 9.53 Å². The molecule has 3 nitrogen and oxygen atoms in total.